The third-order valence-corrected chi connectivity index (χ3v) is 3.79. The average Bonchev–Trinajstić information content (AvgIpc) is 2.27. The quantitative estimate of drug-likeness (QED) is 0.879. The van der Waals surface area contributed by atoms with Crippen LogP contribution in [0.2, 0.25) is 10.0 Å². The van der Waals surface area contributed by atoms with Crippen LogP contribution in [-0.2, 0) is 0 Å². The van der Waals surface area contributed by atoms with Crippen molar-refractivity contribution in [2.24, 2.45) is 0 Å². The van der Waals surface area contributed by atoms with Gasteiger partial charge in [-0.2, -0.15) is 0 Å². The van der Waals surface area contributed by atoms with E-state index in [0.717, 1.165) is 19.4 Å². The van der Waals surface area contributed by atoms with Crippen LogP contribution in [-0.4, -0.2) is 18.7 Å². The number of benzene rings is 1. The minimum absolute atomic E-state index is 0.264. The van der Waals surface area contributed by atoms with Crippen molar-refractivity contribution in [2.75, 3.05) is 6.54 Å². The van der Waals surface area contributed by atoms with Gasteiger partial charge >= 0.3 is 0 Å². The highest BCUT2D eigenvalue weighted by Crippen LogP contribution is 2.34. The van der Waals surface area contributed by atoms with E-state index in [1.165, 1.54) is 6.42 Å². The van der Waals surface area contributed by atoms with Crippen LogP contribution < -0.4 is 10.1 Å². The maximum absolute atomic E-state index is 6.07. The van der Waals surface area contributed by atoms with Crippen LogP contribution >= 0.6 is 23.2 Å². The van der Waals surface area contributed by atoms with Crippen LogP contribution in [0.3, 0.4) is 0 Å². The summed E-state index contributed by atoms with van der Waals surface area (Å²) in [5, 5.41) is 4.53. The molecule has 0 aliphatic heterocycles. The molecule has 4 heteroatoms. The smallest absolute Gasteiger partial charge is 0.139 e. The monoisotopic (exact) mass is 273 g/mol. The Morgan fingerprint density at radius 1 is 1.35 bits per heavy atom. The average molecular weight is 274 g/mol. The molecule has 0 atom stereocenters. The van der Waals surface area contributed by atoms with E-state index in [0.29, 0.717) is 21.8 Å². The first kappa shape index (κ1) is 13.0. The van der Waals surface area contributed by atoms with Gasteiger partial charge in [-0.05, 0) is 37.9 Å². The second-order valence-corrected chi connectivity index (χ2v) is 5.20. The molecule has 0 aromatic heterocycles. The zero-order chi connectivity index (χ0) is 12.3. The van der Waals surface area contributed by atoms with Crippen molar-refractivity contribution in [3.63, 3.8) is 0 Å². The summed E-state index contributed by atoms with van der Waals surface area (Å²) in [6.07, 6.45) is 3.52. The molecule has 0 heterocycles. The molecule has 17 heavy (non-hydrogen) atoms. The van der Waals surface area contributed by atoms with Gasteiger partial charge in [0, 0.05) is 6.04 Å². The highest BCUT2D eigenvalue weighted by atomic mass is 35.5. The highest BCUT2D eigenvalue weighted by molar-refractivity contribution is 6.42. The van der Waals surface area contributed by atoms with E-state index in [1.54, 1.807) is 6.07 Å². The second kappa shape index (κ2) is 5.94. The van der Waals surface area contributed by atoms with Crippen molar-refractivity contribution < 1.29 is 4.74 Å². The number of hydrogen-bond acceptors (Lipinski definition) is 2. The van der Waals surface area contributed by atoms with Crippen LogP contribution in [0.5, 0.6) is 5.75 Å². The Balaban J connectivity index is 1.82. The summed E-state index contributed by atoms with van der Waals surface area (Å²) in [6.45, 7) is 3.25. The SMILES string of the molecule is CCCNC1CC(Oc2cccc(Cl)c2Cl)C1. The molecule has 0 unspecified atom stereocenters. The zero-order valence-corrected chi connectivity index (χ0v) is 11.4. The van der Waals surface area contributed by atoms with E-state index in [-0.39, 0.29) is 6.10 Å². The van der Waals surface area contributed by atoms with Gasteiger partial charge in [-0.1, -0.05) is 36.2 Å². The van der Waals surface area contributed by atoms with Crippen LogP contribution in [0.4, 0.5) is 0 Å². The summed E-state index contributed by atoms with van der Waals surface area (Å²) in [7, 11) is 0. The molecule has 1 N–H and O–H groups in total. The first-order chi connectivity index (χ1) is 8.20. The van der Waals surface area contributed by atoms with Gasteiger partial charge < -0.3 is 10.1 Å². The molecule has 1 aliphatic carbocycles. The molecule has 0 bridgehead atoms. The van der Waals surface area contributed by atoms with Crippen LogP contribution in [0, 0.1) is 0 Å². The van der Waals surface area contributed by atoms with Crippen molar-refractivity contribution in [1.29, 1.82) is 0 Å². The Bertz CT molecular complexity index is 378. The molecule has 1 saturated carbocycles. The fraction of sp³-hybridized carbons (Fsp3) is 0.538. The number of ether oxygens (including phenoxy) is 1. The number of rotatable bonds is 5. The number of nitrogens with one attached hydrogen (secondary N) is 1. The fourth-order valence-corrected chi connectivity index (χ4v) is 2.27. The van der Waals surface area contributed by atoms with Crippen LogP contribution in [0.1, 0.15) is 26.2 Å². The Hall–Kier alpha value is -0.440. The topological polar surface area (TPSA) is 21.3 Å². The molecule has 1 aliphatic rings. The molecule has 2 nitrogen and oxygen atoms in total. The van der Waals surface area contributed by atoms with E-state index in [9.17, 15) is 0 Å². The van der Waals surface area contributed by atoms with Gasteiger partial charge in [-0.25, -0.2) is 0 Å². The van der Waals surface area contributed by atoms with Crippen molar-refractivity contribution in [1.82, 2.24) is 5.32 Å². The lowest BCUT2D eigenvalue weighted by atomic mass is 9.89. The lowest BCUT2D eigenvalue weighted by Gasteiger charge is -2.36. The lowest BCUT2D eigenvalue weighted by molar-refractivity contribution is 0.0853. The fourth-order valence-electron chi connectivity index (χ4n) is 1.93. The Morgan fingerprint density at radius 2 is 2.12 bits per heavy atom. The molecule has 2 rings (SSSR count). The predicted octanol–water partition coefficient (Wildman–Crippen LogP) is 3.90. The standard InChI is InChI=1S/C13H17Cl2NO/c1-2-6-16-9-7-10(8-9)17-12-5-3-4-11(14)13(12)15/h3-5,9-10,16H,2,6-8H2,1H3. The van der Waals surface area contributed by atoms with Crippen molar-refractivity contribution in [2.45, 2.75) is 38.3 Å². The van der Waals surface area contributed by atoms with Crippen molar-refractivity contribution in [3.05, 3.63) is 28.2 Å². The zero-order valence-electron chi connectivity index (χ0n) is 9.88. The highest BCUT2D eigenvalue weighted by Gasteiger charge is 2.30. The molecular formula is C13H17Cl2NO. The van der Waals surface area contributed by atoms with Crippen LogP contribution in [0.15, 0.2) is 18.2 Å². The summed E-state index contributed by atoms with van der Waals surface area (Å²) in [4.78, 5) is 0. The maximum Gasteiger partial charge on any atom is 0.139 e. The van der Waals surface area contributed by atoms with E-state index in [4.69, 9.17) is 27.9 Å². The molecule has 1 aromatic carbocycles. The number of halogens is 2. The molecule has 94 valence electrons. The van der Waals surface area contributed by atoms with Gasteiger partial charge in [-0.15, -0.1) is 0 Å². The summed E-state index contributed by atoms with van der Waals surface area (Å²) in [5.41, 5.74) is 0. The summed E-state index contributed by atoms with van der Waals surface area (Å²) >= 11 is 12.0. The van der Waals surface area contributed by atoms with Crippen molar-refractivity contribution >= 4 is 23.2 Å². The largest absolute Gasteiger partial charge is 0.489 e. The molecule has 1 fully saturated rings. The van der Waals surface area contributed by atoms with Gasteiger partial charge in [0.1, 0.15) is 16.9 Å². The van der Waals surface area contributed by atoms with Crippen molar-refractivity contribution in [3.8, 4) is 5.75 Å². The van der Waals surface area contributed by atoms with Gasteiger partial charge in [-0.3, -0.25) is 0 Å². The second-order valence-electron chi connectivity index (χ2n) is 4.41. The van der Waals surface area contributed by atoms with E-state index >= 15 is 0 Å². The molecule has 0 saturated heterocycles. The molecule has 1 aromatic rings. The Kier molecular flexibility index (Phi) is 4.55. The van der Waals surface area contributed by atoms with Gasteiger partial charge in [0.15, 0.2) is 0 Å². The normalized spacial score (nSPS) is 23.2. The van der Waals surface area contributed by atoms with Gasteiger partial charge in [0.25, 0.3) is 0 Å². The Labute approximate surface area is 112 Å². The summed E-state index contributed by atoms with van der Waals surface area (Å²) < 4.78 is 5.82. The van der Waals surface area contributed by atoms with Crippen LogP contribution in [0.25, 0.3) is 0 Å². The van der Waals surface area contributed by atoms with E-state index < -0.39 is 0 Å². The third-order valence-electron chi connectivity index (χ3n) is 2.99. The number of hydrogen-bond donors (Lipinski definition) is 1. The maximum atomic E-state index is 6.07. The molecule has 0 amide bonds. The Morgan fingerprint density at radius 3 is 2.82 bits per heavy atom. The summed E-state index contributed by atoms with van der Waals surface area (Å²) in [5.74, 6) is 0.693. The molecular weight excluding hydrogens is 257 g/mol. The molecule has 0 spiro atoms. The summed E-state index contributed by atoms with van der Waals surface area (Å²) in [6, 6.07) is 6.08. The van der Waals surface area contributed by atoms with E-state index in [1.807, 2.05) is 12.1 Å². The van der Waals surface area contributed by atoms with Gasteiger partial charge in [0.05, 0.1) is 5.02 Å². The minimum Gasteiger partial charge on any atom is -0.489 e. The lowest BCUT2D eigenvalue weighted by Crippen LogP contribution is -2.47. The minimum atomic E-state index is 0.264. The first-order valence-corrected chi connectivity index (χ1v) is 6.80. The van der Waals surface area contributed by atoms with Gasteiger partial charge in [0.2, 0.25) is 0 Å². The third kappa shape index (κ3) is 3.27. The molecule has 0 radical (unpaired) electrons. The first-order valence-electron chi connectivity index (χ1n) is 6.04. The predicted molar refractivity (Wildman–Crippen MR) is 72.2 cm³/mol. The van der Waals surface area contributed by atoms with E-state index in [2.05, 4.69) is 12.2 Å².